The van der Waals surface area contributed by atoms with Gasteiger partial charge in [-0.2, -0.15) is 0 Å². The second kappa shape index (κ2) is 11.7. The molecule has 2 aromatic heterocycles. The summed E-state index contributed by atoms with van der Waals surface area (Å²) in [6.07, 6.45) is 0. The van der Waals surface area contributed by atoms with Gasteiger partial charge in [0, 0.05) is 43.9 Å². The summed E-state index contributed by atoms with van der Waals surface area (Å²) in [5.74, 6) is 0. The van der Waals surface area contributed by atoms with Crippen LogP contribution in [0.2, 0.25) is 0 Å². The van der Waals surface area contributed by atoms with Crippen molar-refractivity contribution in [3.8, 4) is 22.3 Å². The molecule has 0 spiro atoms. The number of rotatable bonds is 5. The molecular weight excluding hydrogens is 647 g/mol. The van der Waals surface area contributed by atoms with Crippen LogP contribution in [-0.2, 0) is 0 Å². The van der Waals surface area contributed by atoms with Gasteiger partial charge < -0.3 is 13.7 Å². The molecule has 3 heteroatoms. The molecule has 0 N–H and O–H groups in total. The molecule has 0 unspecified atom stereocenters. The van der Waals surface area contributed by atoms with Crippen LogP contribution in [0.5, 0.6) is 0 Å². The Labute approximate surface area is 305 Å². The van der Waals surface area contributed by atoms with Crippen LogP contribution in [0.4, 0.5) is 17.1 Å². The predicted molar refractivity (Wildman–Crippen MR) is 222 cm³/mol. The average Bonchev–Trinajstić information content (AvgIpc) is 3.79. The number of anilines is 3. The first-order valence-corrected chi connectivity index (χ1v) is 18.0. The molecule has 53 heavy (non-hydrogen) atoms. The highest BCUT2D eigenvalue weighted by molar-refractivity contribution is 6.27. The summed E-state index contributed by atoms with van der Waals surface area (Å²) in [5, 5.41) is 9.25. The smallest absolute Gasteiger partial charge is 0.136 e. The zero-order chi connectivity index (χ0) is 34.9. The number of nitrogens with zero attached hydrogens (tertiary/aromatic N) is 1. The van der Waals surface area contributed by atoms with E-state index in [0.717, 1.165) is 66.5 Å². The molecule has 248 valence electrons. The van der Waals surface area contributed by atoms with Crippen LogP contribution in [0, 0.1) is 0 Å². The normalized spacial score (nSPS) is 11.8. The lowest BCUT2D eigenvalue weighted by Crippen LogP contribution is -2.11. The highest BCUT2D eigenvalue weighted by Crippen LogP contribution is 2.47. The van der Waals surface area contributed by atoms with Crippen LogP contribution in [0.3, 0.4) is 0 Å². The Hall–Kier alpha value is -7.10. The minimum absolute atomic E-state index is 0.864. The van der Waals surface area contributed by atoms with Crippen LogP contribution >= 0.6 is 0 Å². The fourth-order valence-corrected chi connectivity index (χ4v) is 8.25. The first-order valence-electron chi connectivity index (χ1n) is 18.0. The van der Waals surface area contributed by atoms with Crippen molar-refractivity contribution in [2.75, 3.05) is 4.90 Å². The van der Waals surface area contributed by atoms with Crippen molar-refractivity contribution in [3.63, 3.8) is 0 Å². The van der Waals surface area contributed by atoms with Gasteiger partial charge in [0.25, 0.3) is 0 Å². The standard InChI is InChI=1S/C50H31NO2/c1-2-12-32(13-3-1)37-15-6-7-17-39(37)40-18-8-10-20-44(40)51(35-25-28-46-42(30-35)41-19-9-11-21-45(41)52-46)36-26-29-47-43(31-36)50-48(53-47)27-24-34-23-22-33-14-4-5-16-38(33)49(34)50/h1-31H. The minimum atomic E-state index is 0.864. The fourth-order valence-electron chi connectivity index (χ4n) is 8.25. The highest BCUT2D eigenvalue weighted by atomic mass is 16.3. The number of hydrogen-bond acceptors (Lipinski definition) is 3. The van der Waals surface area contributed by atoms with Crippen LogP contribution in [-0.4, -0.2) is 0 Å². The second-order valence-electron chi connectivity index (χ2n) is 13.6. The van der Waals surface area contributed by atoms with E-state index >= 15 is 0 Å². The van der Waals surface area contributed by atoms with Crippen molar-refractivity contribution in [1.82, 2.24) is 0 Å². The third-order valence-corrected chi connectivity index (χ3v) is 10.6. The maximum Gasteiger partial charge on any atom is 0.136 e. The summed E-state index contributed by atoms with van der Waals surface area (Å²) >= 11 is 0. The Kier molecular flexibility index (Phi) is 6.55. The summed E-state index contributed by atoms with van der Waals surface area (Å²) in [6, 6.07) is 66.8. The number of furan rings is 2. The van der Waals surface area contributed by atoms with E-state index in [1.165, 1.54) is 38.2 Å². The molecule has 0 fully saturated rings. The molecule has 9 aromatic carbocycles. The number of benzene rings is 9. The van der Waals surface area contributed by atoms with Gasteiger partial charge in [-0.25, -0.2) is 0 Å². The Bertz CT molecular complexity index is 3190. The van der Waals surface area contributed by atoms with E-state index in [-0.39, 0.29) is 0 Å². The molecule has 0 aliphatic rings. The van der Waals surface area contributed by atoms with Crippen LogP contribution < -0.4 is 4.90 Å². The third-order valence-electron chi connectivity index (χ3n) is 10.6. The van der Waals surface area contributed by atoms with Crippen molar-refractivity contribution in [2.45, 2.75) is 0 Å². The SMILES string of the molecule is c1ccc(-c2ccccc2-c2ccccc2N(c2ccc3oc4ccccc4c3c2)c2ccc3oc4ccc5ccc6ccccc6c5c4c3c2)cc1. The van der Waals surface area contributed by atoms with Crippen LogP contribution in [0.15, 0.2) is 197 Å². The van der Waals surface area contributed by atoms with Gasteiger partial charge in [-0.15, -0.1) is 0 Å². The Morgan fingerprint density at radius 2 is 0.887 bits per heavy atom. The third kappa shape index (κ3) is 4.68. The highest BCUT2D eigenvalue weighted by Gasteiger charge is 2.22. The Morgan fingerprint density at radius 1 is 0.321 bits per heavy atom. The lowest BCUT2D eigenvalue weighted by atomic mass is 9.93. The van der Waals surface area contributed by atoms with Gasteiger partial charge in [0.1, 0.15) is 22.3 Å². The maximum atomic E-state index is 6.58. The van der Waals surface area contributed by atoms with E-state index in [4.69, 9.17) is 8.83 Å². The van der Waals surface area contributed by atoms with E-state index in [2.05, 4.69) is 181 Å². The summed E-state index contributed by atoms with van der Waals surface area (Å²) in [7, 11) is 0. The molecule has 0 saturated heterocycles. The van der Waals surface area contributed by atoms with Crippen molar-refractivity contribution in [1.29, 1.82) is 0 Å². The van der Waals surface area contributed by atoms with Crippen molar-refractivity contribution >= 4 is 82.5 Å². The van der Waals surface area contributed by atoms with Crippen LogP contribution in [0.25, 0.3) is 87.7 Å². The zero-order valence-corrected chi connectivity index (χ0v) is 28.7. The first kappa shape index (κ1) is 29.6. The van der Waals surface area contributed by atoms with Gasteiger partial charge in [-0.1, -0.05) is 133 Å². The lowest BCUT2D eigenvalue weighted by molar-refractivity contribution is 0.669. The number of hydrogen-bond donors (Lipinski definition) is 0. The lowest BCUT2D eigenvalue weighted by Gasteiger charge is -2.28. The minimum Gasteiger partial charge on any atom is -0.456 e. The van der Waals surface area contributed by atoms with E-state index in [1.807, 2.05) is 12.1 Å². The largest absolute Gasteiger partial charge is 0.456 e. The molecule has 11 rings (SSSR count). The maximum absolute atomic E-state index is 6.58. The average molecular weight is 678 g/mol. The number of para-hydroxylation sites is 2. The molecule has 11 aromatic rings. The number of fused-ring (bicyclic) bond motifs is 10. The van der Waals surface area contributed by atoms with Crippen LogP contribution in [0.1, 0.15) is 0 Å². The van der Waals surface area contributed by atoms with E-state index in [9.17, 15) is 0 Å². The van der Waals surface area contributed by atoms with Crippen molar-refractivity contribution in [2.24, 2.45) is 0 Å². The van der Waals surface area contributed by atoms with Crippen molar-refractivity contribution < 1.29 is 8.83 Å². The molecule has 0 saturated carbocycles. The molecule has 0 aliphatic carbocycles. The summed E-state index contributed by atoms with van der Waals surface area (Å²) in [4.78, 5) is 2.39. The summed E-state index contributed by atoms with van der Waals surface area (Å²) < 4.78 is 12.9. The summed E-state index contributed by atoms with van der Waals surface area (Å²) in [5.41, 5.74) is 11.3. The molecule has 3 nitrogen and oxygen atoms in total. The molecule has 0 aliphatic heterocycles. The van der Waals surface area contributed by atoms with Crippen molar-refractivity contribution in [3.05, 3.63) is 188 Å². The van der Waals surface area contributed by atoms with E-state index in [0.29, 0.717) is 0 Å². The van der Waals surface area contributed by atoms with Gasteiger partial charge >= 0.3 is 0 Å². The Balaban J connectivity index is 1.21. The molecule has 0 radical (unpaired) electrons. The van der Waals surface area contributed by atoms with Gasteiger partial charge in [0.2, 0.25) is 0 Å². The van der Waals surface area contributed by atoms with Gasteiger partial charge in [-0.3, -0.25) is 0 Å². The molecule has 0 bridgehead atoms. The Morgan fingerprint density at radius 3 is 1.74 bits per heavy atom. The van der Waals surface area contributed by atoms with Gasteiger partial charge in [0.05, 0.1) is 5.69 Å². The van der Waals surface area contributed by atoms with E-state index < -0.39 is 0 Å². The second-order valence-corrected chi connectivity index (χ2v) is 13.6. The monoisotopic (exact) mass is 677 g/mol. The first-order chi connectivity index (χ1) is 26.3. The molecular formula is C50H31NO2. The van der Waals surface area contributed by atoms with Gasteiger partial charge in [-0.05, 0) is 87.4 Å². The van der Waals surface area contributed by atoms with E-state index in [1.54, 1.807) is 0 Å². The predicted octanol–water partition coefficient (Wildman–Crippen LogP) is 14.6. The topological polar surface area (TPSA) is 29.5 Å². The quantitative estimate of drug-likeness (QED) is 0.170. The fraction of sp³-hybridized carbons (Fsp3) is 0. The molecule has 2 heterocycles. The summed E-state index contributed by atoms with van der Waals surface area (Å²) in [6.45, 7) is 0. The molecule has 0 atom stereocenters. The zero-order valence-electron chi connectivity index (χ0n) is 28.7. The van der Waals surface area contributed by atoms with Gasteiger partial charge in [0.15, 0.2) is 0 Å². The molecule has 0 amide bonds.